The number of rotatable bonds is 13. The smallest absolute Gasteiger partial charge is 0.324 e. The van der Waals surface area contributed by atoms with E-state index in [0.29, 0.717) is 12.1 Å². The Bertz CT molecular complexity index is 165. The Morgan fingerprint density at radius 1 is 1.11 bits per heavy atom. The Labute approximate surface area is 114 Å². The molecule has 0 aromatic heterocycles. The van der Waals surface area contributed by atoms with Gasteiger partial charge >= 0.3 is 9.28 Å². The van der Waals surface area contributed by atoms with Crippen molar-refractivity contribution in [1.82, 2.24) is 5.32 Å². The van der Waals surface area contributed by atoms with Gasteiger partial charge in [0.2, 0.25) is 0 Å². The molecule has 0 aliphatic heterocycles. The van der Waals surface area contributed by atoms with Crippen molar-refractivity contribution in [3.8, 4) is 0 Å². The van der Waals surface area contributed by atoms with E-state index in [0.717, 1.165) is 39.1 Å². The van der Waals surface area contributed by atoms with E-state index in [2.05, 4.69) is 26.1 Å². The molecule has 0 bridgehead atoms. The maximum Gasteiger partial charge on any atom is 0.324 e. The Hall–Kier alpha value is 0.0569. The van der Waals surface area contributed by atoms with Crippen molar-refractivity contribution in [1.29, 1.82) is 0 Å². The van der Waals surface area contributed by atoms with E-state index < -0.39 is 9.28 Å². The Kier molecular flexibility index (Phi) is 13.5. The molecule has 1 unspecified atom stereocenters. The third-order valence-electron chi connectivity index (χ3n) is 2.77. The lowest BCUT2D eigenvalue weighted by atomic mass is 10.2. The van der Waals surface area contributed by atoms with Crippen LogP contribution in [0.2, 0.25) is 5.54 Å². The van der Waals surface area contributed by atoms with Crippen LogP contribution in [0.5, 0.6) is 0 Å². The second kappa shape index (κ2) is 13.5. The molecule has 0 aliphatic rings. The summed E-state index contributed by atoms with van der Waals surface area (Å²) >= 11 is 0. The summed E-state index contributed by atoms with van der Waals surface area (Å²) in [5, 5.41) is 3.32. The molecule has 0 aliphatic carbocycles. The van der Waals surface area contributed by atoms with Crippen LogP contribution in [0.15, 0.2) is 0 Å². The zero-order valence-electron chi connectivity index (χ0n) is 12.4. The van der Waals surface area contributed by atoms with Crippen LogP contribution in [-0.2, 0) is 8.85 Å². The maximum atomic E-state index is 5.91. The van der Waals surface area contributed by atoms with Gasteiger partial charge in [-0.15, -0.1) is 0 Å². The summed E-state index contributed by atoms with van der Waals surface area (Å²) in [4.78, 5) is 0. The van der Waals surface area contributed by atoms with Gasteiger partial charge in [0, 0.05) is 26.3 Å². The molecule has 0 rings (SSSR count). The van der Waals surface area contributed by atoms with Gasteiger partial charge in [-0.2, -0.15) is 0 Å². The summed E-state index contributed by atoms with van der Waals surface area (Å²) in [5.74, 6) is 0. The molecule has 0 fully saturated rings. The molecular formula is C13H32N2O2Si. The first-order valence-electron chi connectivity index (χ1n) is 7.40. The molecule has 0 radical (unpaired) electrons. The van der Waals surface area contributed by atoms with E-state index in [9.17, 15) is 0 Å². The first kappa shape index (κ1) is 18.1. The van der Waals surface area contributed by atoms with Crippen LogP contribution in [0.1, 0.15) is 46.5 Å². The van der Waals surface area contributed by atoms with Gasteiger partial charge in [-0.05, 0) is 37.8 Å². The summed E-state index contributed by atoms with van der Waals surface area (Å²) in [6.07, 6.45) is 4.51. The molecule has 18 heavy (non-hydrogen) atoms. The number of hydrogen-bond acceptors (Lipinski definition) is 4. The molecule has 0 saturated carbocycles. The van der Waals surface area contributed by atoms with Gasteiger partial charge in [0.25, 0.3) is 0 Å². The highest BCUT2D eigenvalue weighted by molar-refractivity contribution is 6.46. The third-order valence-corrected chi connectivity index (χ3v) is 5.16. The van der Waals surface area contributed by atoms with Crippen LogP contribution in [0.4, 0.5) is 0 Å². The van der Waals surface area contributed by atoms with Gasteiger partial charge in [-0.3, -0.25) is 0 Å². The van der Waals surface area contributed by atoms with Crippen molar-refractivity contribution in [2.45, 2.75) is 52.0 Å². The summed E-state index contributed by atoms with van der Waals surface area (Å²) in [7, 11) is -1.47. The molecule has 0 heterocycles. The van der Waals surface area contributed by atoms with E-state index in [1.165, 1.54) is 12.8 Å². The number of nitrogens with one attached hydrogen (secondary N) is 1. The average Bonchev–Trinajstić information content (AvgIpc) is 2.38. The lowest BCUT2D eigenvalue weighted by Gasteiger charge is -2.22. The third kappa shape index (κ3) is 10.0. The molecular weight excluding hydrogens is 244 g/mol. The minimum Gasteiger partial charge on any atom is -0.396 e. The molecule has 3 N–H and O–H groups in total. The topological polar surface area (TPSA) is 56.5 Å². The van der Waals surface area contributed by atoms with Crippen LogP contribution >= 0.6 is 0 Å². The molecule has 0 amide bonds. The highest BCUT2D eigenvalue weighted by Crippen LogP contribution is 2.18. The largest absolute Gasteiger partial charge is 0.396 e. The summed E-state index contributed by atoms with van der Waals surface area (Å²) < 4.78 is 11.8. The van der Waals surface area contributed by atoms with Crippen molar-refractivity contribution in [3.63, 3.8) is 0 Å². The van der Waals surface area contributed by atoms with Crippen LogP contribution in [0.25, 0.3) is 0 Å². The molecule has 5 heteroatoms. The summed E-state index contributed by atoms with van der Waals surface area (Å²) in [6, 6.07) is 0. The minimum absolute atomic E-state index is 0.586. The van der Waals surface area contributed by atoms with E-state index in [4.69, 9.17) is 14.6 Å². The molecule has 110 valence electrons. The van der Waals surface area contributed by atoms with Crippen LogP contribution in [0.3, 0.4) is 0 Å². The van der Waals surface area contributed by atoms with Gasteiger partial charge in [0.05, 0.1) is 0 Å². The van der Waals surface area contributed by atoms with Crippen molar-refractivity contribution < 1.29 is 8.85 Å². The predicted octanol–water partition coefficient (Wildman–Crippen LogP) is 1.78. The first-order chi connectivity index (χ1) is 8.76. The van der Waals surface area contributed by atoms with E-state index >= 15 is 0 Å². The molecule has 0 aromatic rings. The second-order valence-corrected chi connectivity index (χ2v) is 7.31. The Balaban J connectivity index is 3.76. The zero-order valence-corrected chi connectivity index (χ0v) is 13.6. The second-order valence-electron chi connectivity index (χ2n) is 4.77. The molecule has 4 nitrogen and oxygen atoms in total. The van der Waals surface area contributed by atoms with Crippen LogP contribution < -0.4 is 11.1 Å². The fourth-order valence-electron chi connectivity index (χ4n) is 1.76. The van der Waals surface area contributed by atoms with Crippen molar-refractivity contribution >= 4 is 9.28 Å². The quantitative estimate of drug-likeness (QED) is 0.398. The molecule has 0 saturated heterocycles. The monoisotopic (exact) mass is 276 g/mol. The highest BCUT2D eigenvalue weighted by atomic mass is 28.3. The van der Waals surface area contributed by atoms with Gasteiger partial charge in [0.1, 0.15) is 0 Å². The minimum atomic E-state index is -1.47. The van der Waals surface area contributed by atoms with E-state index in [1.54, 1.807) is 0 Å². The lowest BCUT2D eigenvalue weighted by molar-refractivity contribution is 0.187. The van der Waals surface area contributed by atoms with Gasteiger partial charge in [-0.25, -0.2) is 0 Å². The maximum absolute atomic E-state index is 5.91. The average molecular weight is 276 g/mol. The predicted molar refractivity (Wildman–Crippen MR) is 80.2 cm³/mol. The van der Waals surface area contributed by atoms with Crippen molar-refractivity contribution in [3.05, 3.63) is 0 Å². The van der Waals surface area contributed by atoms with E-state index in [1.807, 2.05) is 0 Å². The summed E-state index contributed by atoms with van der Waals surface area (Å²) in [6.45, 7) is 10.9. The zero-order chi connectivity index (χ0) is 13.6. The van der Waals surface area contributed by atoms with E-state index in [-0.39, 0.29) is 0 Å². The SMILES string of the molecule is CCCO[SiH](OCCC)C(C)CCCNCCN. The molecule has 0 spiro atoms. The number of hydrogen-bond donors (Lipinski definition) is 2. The Morgan fingerprint density at radius 3 is 2.22 bits per heavy atom. The van der Waals surface area contributed by atoms with Gasteiger partial charge < -0.3 is 19.9 Å². The van der Waals surface area contributed by atoms with Gasteiger partial charge in [0.15, 0.2) is 0 Å². The molecule has 0 aromatic carbocycles. The Morgan fingerprint density at radius 2 is 1.72 bits per heavy atom. The fraction of sp³-hybridized carbons (Fsp3) is 1.00. The van der Waals surface area contributed by atoms with Crippen LogP contribution in [0, 0.1) is 0 Å². The van der Waals surface area contributed by atoms with Gasteiger partial charge in [-0.1, -0.05) is 20.8 Å². The number of nitrogens with two attached hydrogens (primary N) is 1. The van der Waals surface area contributed by atoms with Crippen molar-refractivity contribution in [2.24, 2.45) is 5.73 Å². The summed E-state index contributed by atoms with van der Waals surface area (Å²) in [5.41, 5.74) is 6.02. The van der Waals surface area contributed by atoms with Crippen LogP contribution in [-0.4, -0.2) is 42.1 Å². The normalized spacial score (nSPS) is 13.2. The van der Waals surface area contributed by atoms with Crippen molar-refractivity contribution in [2.75, 3.05) is 32.8 Å². The molecule has 1 atom stereocenters. The standard InChI is InChI=1S/C13H32N2O2Si/c1-4-11-16-18(17-12-5-2)13(3)7-6-9-15-10-8-14/h13,15,18H,4-12,14H2,1-3H3. The fourth-order valence-corrected chi connectivity index (χ4v) is 3.95. The lowest BCUT2D eigenvalue weighted by Crippen LogP contribution is -2.29. The first-order valence-corrected chi connectivity index (χ1v) is 9.01. The highest BCUT2D eigenvalue weighted by Gasteiger charge is 2.21.